The maximum Gasteiger partial charge on any atom is 0.304 e. The zero-order valence-corrected chi connectivity index (χ0v) is 8.76. The van der Waals surface area contributed by atoms with E-state index in [-0.39, 0.29) is 12.4 Å². The summed E-state index contributed by atoms with van der Waals surface area (Å²) in [7, 11) is 0. The van der Waals surface area contributed by atoms with Gasteiger partial charge in [0.1, 0.15) is 0 Å². The summed E-state index contributed by atoms with van der Waals surface area (Å²) in [5, 5.41) is 8.43. The highest BCUT2D eigenvalue weighted by Crippen LogP contribution is 1.84. The molecule has 0 bridgehead atoms. The number of carbonyl (C=O) groups is 2. The molecule has 0 aliphatic carbocycles. The SMILES string of the molecule is CCOC(C)=O.O=C(O)CCBr. The molecule has 0 rings (SSSR count). The molecule has 0 atom stereocenters. The van der Waals surface area contributed by atoms with Crippen LogP contribution >= 0.6 is 15.9 Å². The van der Waals surface area contributed by atoms with Crippen LogP contribution in [0.25, 0.3) is 0 Å². The van der Waals surface area contributed by atoms with Gasteiger partial charge in [0.05, 0.1) is 13.0 Å². The van der Waals surface area contributed by atoms with Gasteiger partial charge >= 0.3 is 11.9 Å². The molecule has 0 unspecified atom stereocenters. The minimum atomic E-state index is -0.758. The summed E-state index contributed by atoms with van der Waals surface area (Å²) in [6.45, 7) is 3.65. The highest BCUT2D eigenvalue weighted by molar-refractivity contribution is 9.09. The summed E-state index contributed by atoms with van der Waals surface area (Å²) in [5.41, 5.74) is 0. The van der Waals surface area contributed by atoms with E-state index < -0.39 is 5.97 Å². The van der Waals surface area contributed by atoms with Gasteiger partial charge in [-0.05, 0) is 6.92 Å². The Morgan fingerprint density at radius 2 is 2.00 bits per heavy atom. The van der Waals surface area contributed by atoms with E-state index in [1.54, 1.807) is 6.92 Å². The van der Waals surface area contributed by atoms with Crippen molar-refractivity contribution in [3.63, 3.8) is 0 Å². The lowest BCUT2D eigenvalue weighted by Gasteiger charge is -1.89. The number of rotatable bonds is 3. The molecule has 0 aliphatic rings. The lowest BCUT2D eigenvalue weighted by molar-refractivity contribution is -0.140. The zero-order valence-electron chi connectivity index (χ0n) is 7.17. The standard InChI is InChI=1S/C4H8O2.C3H5BrO2/c1-3-6-4(2)5;4-2-1-3(5)6/h3H2,1-2H3;1-2H2,(H,5,6). The normalized spacial score (nSPS) is 7.92. The molecule has 0 aromatic heterocycles. The minimum absolute atomic E-state index is 0.208. The number of hydrogen-bond donors (Lipinski definition) is 1. The monoisotopic (exact) mass is 240 g/mol. The number of carboxylic acid groups (broad SMARTS) is 1. The number of alkyl halides is 1. The highest BCUT2D eigenvalue weighted by Gasteiger charge is 1.88. The van der Waals surface area contributed by atoms with Crippen molar-refractivity contribution in [2.45, 2.75) is 20.3 Å². The van der Waals surface area contributed by atoms with E-state index in [4.69, 9.17) is 5.11 Å². The van der Waals surface area contributed by atoms with Crippen molar-refractivity contribution in [3.8, 4) is 0 Å². The highest BCUT2D eigenvalue weighted by atomic mass is 79.9. The summed E-state index contributed by atoms with van der Waals surface area (Å²) >= 11 is 2.97. The van der Waals surface area contributed by atoms with Crippen LogP contribution in [-0.4, -0.2) is 29.0 Å². The quantitative estimate of drug-likeness (QED) is 0.599. The number of aliphatic carboxylic acids is 1. The number of hydrogen-bond acceptors (Lipinski definition) is 3. The summed E-state index contributed by atoms with van der Waals surface area (Å²) in [5.74, 6) is -0.968. The third kappa shape index (κ3) is 22.7. The topological polar surface area (TPSA) is 63.6 Å². The van der Waals surface area contributed by atoms with E-state index in [0.717, 1.165) is 0 Å². The molecule has 0 aliphatic heterocycles. The average Bonchev–Trinajstić information content (AvgIpc) is 1.87. The maximum atomic E-state index is 9.82. The van der Waals surface area contributed by atoms with Gasteiger partial charge in [0, 0.05) is 12.3 Å². The smallest absolute Gasteiger partial charge is 0.304 e. The van der Waals surface area contributed by atoms with E-state index in [9.17, 15) is 9.59 Å². The molecule has 5 heteroatoms. The molecule has 0 aromatic rings. The van der Waals surface area contributed by atoms with Crippen LogP contribution in [0.3, 0.4) is 0 Å². The lowest BCUT2D eigenvalue weighted by Crippen LogP contribution is -1.95. The predicted molar refractivity (Wildman–Crippen MR) is 48.4 cm³/mol. The first-order valence-corrected chi connectivity index (χ1v) is 4.57. The van der Waals surface area contributed by atoms with E-state index in [1.807, 2.05) is 0 Å². The molecule has 4 nitrogen and oxygen atoms in total. The van der Waals surface area contributed by atoms with Crippen molar-refractivity contribution < 1.29 is 19.4 Å². The second-order valence-electron chi connectivity index (χ2n) is 1.76. The Balaban J connectivity index is 0. The molecule has 72 valence electrons. The number of carbonyl (C=O) groups excluding carboxylic acids is 1. The lowest BCUT2D eigenvalue weighted by atomic mass is 10.5. The van der Waals surface area contributed by atoms with Gasteiger partial charge in [-0.1, -0.05) is 15.9 Å². The van der Waals surface area contributed by atoms with Crippen LogP contribution in [0.4, 0.5) is 0 Å². The van der Waals surface area contributed by atoms with Crippen molar-refractivity contribution in [1.29, 1.82) is 0 Å². The molecule has 0 amide bonds. The predicted octanol–water partition coefficient (Wildman–Crippen LogP) is 1.43. The molecule has 0 saturated heterocycles. The van der Waals surface area contributed by atoms with Gasteiger partial charge in [-0.2, -0.15) is 0 Å². The van der Waals surface area contributed by atoms with Crippen molar-refractivity contribution in [2.24, 2.45) is 0 Å². The third-order valence-corrected chi connectivity index (χ3v) is 1.05. The summed E-state index contributed by atoms with van der Waals surface area (Å²) in [4.78, 5) is 19.4. The summed E-state index contributed by atoms with van der Waals surface area (Å²) < 4.78 is 4.40. The second kappa shape index (κ2) is 10.4. The minimum Gasteiger partial charge on any atom is -0.481 e. The van der Waals surface area contributed by atoms with Crippen LogP contribution in [-0.2, 0) is 14.3 Å². The second-order valence-corrected chi connectivity index (χ2v) is 2.55. The molecule has 0 spiro atoms. The maximum absolute atomic E-state index is 9.82. The molecular formula is C7H13BrO4. The van der Waals surface area contributed by atoms with Gasteiger partial charge in [-0.3, -0.25) is 9.59 Å². The van der Waals surface area contributed by atoms with Crippen LogP contribution < -0.4 is 0 Å². The van der Waals surface area contributed by atoms with Gasteiger partial charge in [0.15, 0.2) is 0 Å². The number of halogens is 1. The largest absolute Gasteiger partial charge is 0.481 e. The number of carboxylic acids is 1. The van der Waals surface area contributed by atoms with E-state index in [2.05, 4.69) is 20.7 Å². The van der Waals surface area contributed by atoms with Crippen molar-refractivity contribution in [1.82, 2.24) is 0 Å². The molecule has 0 aromatic carbocycles. The summed E-state index contributed by atoms with van der Waals surface area (Å²) in [6, 6.07) is 0. The Kier molecular flexibility index (Phi) is 12.1. The Labute approximate surface area is 80.0 Å². The molecule has 0 saturated carbocycles. The van der Waals surface area contributed by atoms with Gasteiger partial charge in [-0.25, -0.2) is 0 Å². The van der Waals surface area contributed by atoms with Crippen LogP contribution in [0.15, 0.2) is 0 Å². The van der Waals surface area contributed by atoms with Crippen LogP contribution in [0.5, 0.6) is 0 Å². The average molecular weight is 241 g/mol. The first kappa shape index (κ1) is 14.0. The molecule has 0 heterocycles. The zero-order chi connectivity index (χ0) is 9.98. The number of ether oxygens (including phenoxy) is 1. The van der Waals surface area contributed by atoms with Crippen LogP contribution in [0.1, 0.15) is 20.3 Å². The fourth-order valence-corrected chi connectivity index (χ4v) is 0.623. The fraction of sp³-hybridized carbons (Fsp3) is 0.714. The van der Waals surface area contributed by atoms with Crippen LogP contribution in [0, 0.1) is 0 Å². The van der Waals surface area contributed by atoms with Gasteiger partial charge in [-0.15, -0.1) is 0 Å². The van der Waals surface area contributed by atoms with Gasteiger partial charge in [0.25, 0.3) is 0 Å². The Morgan fingerprint density at radius 3 is 2.00 bits per heavy atom. The van der Waals surface area contributed by atoms with Crippen LogP contribution in [0.2, 0.25) is 0 Å². The van der Waals surface area contributed by atoms with E-state index in [1.165, 1.54) is 6.92 Å². The molecular weight excluding hydrogens is 228 g/mol. The fourth-order valence-electron chi connectivity index (χ4n) is 0.284. The Morgan fingerprint density at radius 1 is 1.50 bits per heavy atom. The molecule has 0 radical (unpaired) electrons. The Hall–Kier alpha value is -0.580. The molecule has 1 N–H and O–H groups in total. The number of esters is 1. The first-order chi connectivity index (χ1) is 5.54. The third-order valence-electron chi connectivity index (χ3n) is 0.656. The van der Waals surface area contributed by atoms with Crippen molar-refractivity contribution in [3.05, 3.63) is 0 Å². The van der Waals surface area contributed by atoms with Gasteiger partial charge < -0.3 is 9.84 Å². The van der Waals surface area contributed by atoms with E-state index >= 15 is 0 Å². The van der Waals surface area contributed by atoms with E-state index in [0.29, 0.717) is 11.9 Å². The summed E-state index contributed by atoms with van der Waals surface area (Å²) in [6.07, 6.45) is 0.208. The van der Waals surface area contributed by atoms with Gasteiger partial charge in [0.2, 0.25) is 0 Å². The van der Waals surface area contributed by atoms with Crippen molar-refractivity contribution in [2.75, 3.05) is 11.9 Å². The van der Waals surface area contributed by atoms with Crippen molar-refractivity contribution >= 4 is 27.9 Å². The molecule has 12 heavy (non-hydrogen) atoms. The first-order valence-electron chi connectivity index (χ1n) is 3.45. The molecule has 0 fully saturated rings. The Bertz CT molecular complexity index is 119.